The number of ether oxygens (including phenoxy) is 3. The Morgan fingerprint density at radius 1 is 0.328 bits per heavy atom. The van der Waals surface area contributed by atoms with Crippen LogP contribution in [0.4, 0.5) is 0 Å². The van der Waals surface area contributed by atoms with Crippen LogP contribution in [0.1, 0.15) is 265 Å². The third kappa shape index (κ3) is 53.4. The molecular weight excluding hydrogens is 829 g/mol. The van der Waals surface area contributed by atoms with E-state index >= 15 is 0 Å². The standard InChI is InChI=1S/C61H104O6/c1-4-7-10-13-16-19-22-25-27-29-31-33-34-36-39-42-45-48-51-54-60(63)66-57-58(56-65-59(62)53-50-47-44-41-38-24-21-18-15-12-9-6-3)67-61(64)55-52-49-46-43-40-37-35-32-30-28-26-23-20-17-14-11-8-5-2/h7,10,16,18-19,21,25,27-28,30-33,35,58H,4-6,8-9,11-15,17,20,22-24,26,29,34,36-57H2,1-3H3/b10-7-,19-16-,21-18-,27-25-,30-28-,33-31-,35-32-. The molecule has 0 amide bonds. The normalized spacial score (nSPS) is 12.7. The fraction of sp³-hybridized carbons (Fsp3) is 0.721. The fourth-order valence-electron chi connectivity index (χ4n) is 7.65. The van der Waals surface area contributed by atoms with E-state index < -0.39 is 6.10 Å². The molecule has 67 heavy (non-hydrogen) atoms. The molecule has 384 valence electrons. The molecule has 0 rings (SSSR count). The number of carbonyl (C=O) groups excluding carboxylic acids is 3. The number of hydrogen-bond donors (Lipinski definition) is 0. The molecule has 6 heteroatoms. The molecule has 0 aromatic rings. The van der Waals surface area contributed by atoms with E-state index in [0.717, 1.165) is 122 Å². The molecule has 1 unspecified atom stereocenters. The summed E-state index contributed by atoms with van der Waals surface area (Å²) in [6.45, 7) is 6.47. The number of carbonyl (C=O) groups is 3. The Kier molecular flexibility index (Phi) is 52.4. The predicted molar refractivity (Wildman–Crippen MR) is 288 cm³/mol. The van der Waals surface area contributed by atoms with E-state index in [1.165, 1.54) is 103 Å². The van der Waals surface area contributed by atoms with Crippen LogP contribution in [0.15, 0.2) is 85.1 Å². The highest BCUT2D eigenvalue weighted by Crippen LogP contribution is 2.14. The van der Waals surface area contributed by atoms with Gasteiger partial charge in [0, 0.05) is 19.3 Å². The van der Waals surface area contributed by atoms with Gasteiger partial charge in [-0.2, -0.15) is 0 Å². The van der Waals surface area contributed by atoms with Crippen molar-refractivity contribution >= 4 is 17.9 Å². The van der Waals surface area contributed by atoms with Crippen LogP contribution in [0.25, 0.3) is 0 Å². The van der Waals surface area contributed by atoms with E-state index in [2.05, 4.69) is 106 Å². The number of unbranched alkanes of at least 4 members (excludes halogenated alkanes) is 26. The SMILES string of the molecule is CC/C=C\C/C=C\C/C=C\C/C=C\CCCCCCCCC(=O)OCC(COC(=O)CCCCCCC/C=C\CCCCC)OC(=O)CCCCCCC/C=C\C=C/CCCCCCCCC. The van der Waals surface area contributed by atoms with Crippen molar-refractivity contribution in [1.29, 1.82) is 0 Å². The summed E-state index contributed by atoms with van der Waals surface area (Å²) >= 11 is 0. The van der Waals surface area contributed by atoms with Crippen molar-refractivity contribution in [2.24, 2.45) is 0 Å². The first kappa shape index (κ1) is 63.6. The number of allylic oxidation sites excluding steroid dienone is 14. The average Bonchev–Trinajstić information content (AvgIpc) is 3.33. The molecule has 0 aliphatic carbocycles. The Balaban J connectivity index is 4.43. The second-order valence-electron chi connectivity index (χ2n) is 18.5. The maximum atomic E-state index is 12.8. The van der Waals surface area contributed by atoms with Gasteiger partial charge in [0.25, 0.3) is 0 Å². The lowest BCUT2D eigenvalue weighted by Gasteiger charge is -2.18. The molecule has 6 nitrogen and oxygen atoms in total. The molecule has 0 aromatic heterocycles. The zero-order chi connectivity index (χ0) is 48.6. The summed E-state index contributed by atoms with van der Waals surface area (Å²) in [4.78, 5) is 38.1. The van der Waals surface area contributed by atoms with Crippen LogP contribution in [-0.4, -0.2) is 37.2 Å². The summed E-state index contributed by atoms with van der Waals surface area (Å²) in [6, 6.07) is 0. The van der Waals surface area contributed by atoms with Crippen LogP contribution in [0.2, 0.25) is 0 Å². The van der Waals surface area contributed by atoms with Crippen LogP contribution >= 0.6 is 0 Å². The first-order valence-corrected chi connectivity index (χ1v) is 28.1. The van der Waals surface area contributed by atoms with Gasteiger partial charge in [-0.05, 0) is 109 Å². The van der Waals surface area contributed by atoms with Crippen molar-refractivity contribution in [2.75, 3.05) is 13.2 Å². The minimum absolute atomic E-state index is 0.0921. The van der Waals surface area contributed by atoms with Gasteiger partial charge in [0.2, 0.25) is 0 Å². The van der Waals surface area contributed by atoms with Gasteiger partial charge in [-0.15, -0.1) is 0 Å². The van der Waals surface area contributed by atoms with E-state index in [9.17, 15) is 14.4 Å². The van der Waals surface area contributed by atoms with E-state index in [1.807, 2.05) is 0 Å². The lowest BCUT2D eigenvalue weighted by molar-refractivity contribution is -0.167. The first-order chi connectivity index (χ1) is 33.0. The molecule has 0 saturated heterocycles. The zero-order valence-electron chi connectivity index (χ0n) is 43.9. The number of hydrogen-bond acceptors (Lipinski definition) is 6. The van der Waals surface area contributed by atoms with Crippen LogP contribution in [0.3, 0.4) is 0 Å². The molecule has 0 heterocycles. The molecule has 0 fully saturated rings. The Morgan fingerprint density at radius 2 is 0.627 bits per heavy atom. The van der Waals surface area contributed by atoms with Crippen LogP contribution in [-0.2, 0) is 28.6 Å². The van der Waals surface area contributed by atoms with Crippen molar-refractivity contribution in [3.05, 3.63) is 85.1 Å². The van der Waals surface area contributed by atoms with Crippen molar-refractivity contribution in [3.63, 3.8) is 0 Å². The van der Waals surface area contributed by atoms with Gasteiger partial charge >= 0.3 is 17.9 Å². The third-order valence-electron chi connectivity index (χ3n) is 11.9. The molecule has 0 aliphatic heterocycles. The molecule has 0 spiro atoms. The van der Waals surface area contributed by atoms with Gasteiger partial charge < -0.3 is 14.2 Å². The van der Waals surface area contributed by atoms with Gasteiger partial charge in [0.15, 0.2) is 6.10 Å². The fourth-order valence-corrected chi connectivity index (χ4v) is 7.65. The van der Waals surface area contributed by atoms with Crippen LogP contribution in [0, 0.1) is 0 Å². The highest BCUT2D eigenvalue weighted by molar-refractivity contribution is 5.71. The summed E-state index contributed by atoms with van der Waals surface area (Å²) in [5, 5.41) is 0. The zero-order valence-corrected chi connectivity index (χ0v) is 43.9. The van der Waals surface area contributed by atoms with Gasteiger partial charge in [0.1, 0.15) is 13.2 Å². The molecule has 1 atom stereocenters. The maximum Gasteiger partial charge on any atom is 0.306 e. The van der Waals surface area contributed by atoms with E-state index in [0.29, 0.717) is 19.3 Å². The van der Waals surface area contributed by atoms with Crippen LogP contribution in [0.5, 0.6) is 0 Å². The maximum absolute atomic E-state index is 12.8. The lowest BCUT2D eigenvalue weighted by atomic mass is 10.1. The van der Waals surface area contributed by atoms with Crippen molar-refractivity contribution in [2.45, 2.75) is 271 Å². The first-order valence-electron chi connectivity index (χ1n) is 28.1. The number of rotatable bonds is 50. The lowest BCUT2D eigenvalue weighted by Crippen LogP contribution is -2.30. The molecule has 0 aromatic carbocycles. The molecular formula is C61H104O6. The largest absolute Gasteiger partial charge is 0.462 e. The molecule has 0 saturated carbocycles. The van der Waals surface area contributed by atoms with Gasteiger partial charge in [0.05, 0.1) is 0 Å². The summed E-state index contributed by atoms with van der Waals surface area (Å²) in [5.41, 5.74) is 0. The van der Waals surface area contributed by atoms with Gasteiger partial charge in [-0.25, -0.2) is 0 Å². The van der Waals surface area contributed by atoms with Crippen molar-refractivity contribution in [1.82, 2.24) is 0 Å². The van der Waals surface area contributed by atoms with Crippen molar-refractivity contribution < 1.29 is 28.6 Å². The monoisotopic (exact) mass is 933 g/mol. The Morgan fingerprint density at radius 3 is 1.04 bits per heavy atom. The molecule has 0 aliphatic rings. The highest BCUT2D eigenvalue weighted by Gasteiger charge is 2.19. The van der Waals surface area contributed by atoms with E-state index in [1.54, 1.807) is 0 Å². The topological polar surface area (TPSA) is 78.9 Å². The van der Waals surface area contributed by atoms with E-state index in [4.69, 9.17) is 14.2 Å². The molecule has 0 radical (unpaired) electrons. The summed E-state index contributed by atoms with van der Waals surface area (Å²) < 4.78 is 16.8. The predicted octanol–water partition coefficient (Wildman–Crippen LogP) is 18.8. The van der Waals surface area contributed by atoms with Gasteiger partial charge in [-0.3, -0.25) is 14.4 Å². The summed E-state index contributed by atoms with van der Waals surface area (Å²) in [7, 11) is 0. The Labute approximate surface area is 414 Å². The second-order valence-corrected chi connectivity index (χ2v) is 18.5. The minimum atomic E-state index is -0.794. The van der Waals surface area contributed by atoms with Crippen LogP contribution < -0.4 is 0 Å². The minimum Gasteiger partial charge on any atom is -0.462 e. The average molecular weight is 933 g/mol. The van der Waals surface area contributed by atoms with E-state index in [-0.39, 0.29) is 31.1 Å². The van der Waals surface area contributed by atoms with Gasteiger partial charge in [-0.1, -0.05) is 221 Å². The van der Waals surface area contributed by atoms with Crippen molar-refractivity contribution in [3.8, 4) is 0 Å². The quantitative estimate of drug-likeness (QED) is 0.0199. The Bertz CT molecular complexity index is 1300. The smallest absolute Gasteiger partial charge is 0.306 e. The summed E-state index contributed by atoms with van der Waals surface area (Å²) in [5.74, 6) is -0.927. The third-order valence-corrected chi connectivity index (χ3v) is 11.9. The highest BCUT2D eigenvalue weighted by atomic mass is 16.6. The summed E-state index contributed by atoms with van der Waals surface area (Å²) in [6.07, 6.45) is 71.4. The Hall–Kier alpha value is -3.41. The number of esters is 3. The molecule has 0 bridgehead atoms. The molecule has 0 N–H and O–H groups in total. The second kappa shape index (κ2) is 55.2.